The van der Waals surface area contributed by atoms with E-state index in [0.717, 1.165) is 6.07 Å². The summed E-state index contributed by atoms with van der Waals surface area (Å²) in [6.45, 7) is 0. The van der Waals surface area contributed by atoms with E-state index >= 15 is 0 Å². The fourth-order valence-corrected chi connectivity index (χ4v) is 2.20. The van der Waals surface area contributed by atoms with Crippen LogP contribution in [0.5, 0.6) is 0 Å². The highest BCUT2D eigenvalue weighted by molar-refractivity contribution is 5.96. The van der Waals surface area contributed by atoms with Gasteiger partial charge in [-0.25, -0.2) is 4.98 Å². The number of anilines is 2. The van der Waals surface area contributed by atoms with Crippen molar-refractivity contribution in [3.8, 4) is 0 Å². The Labute approximate surface area is 112 Å². The van der Waals surface area contributed by atoms with Gasteiger partial charge in [0.1, 0.15) is 0 Å². The minimum absolute atomic E-state index is 0.0569. The summed E-state index contributed by atoms with van der Waals surface area (Å²) in [7, 11) is 0. The molecule has 3 nitrogen and oxygen atoms in total. The third-order valence-electron chi connectivity index (χ3n) is 3.06. The molecule has 0 spiro atoms. The van der Waals surface area contributed by atoms with Crippen molar-refractivity contribution in [3.63, 3.8) is 0 Å². The van der Waals surface area contributed by atoms with Crippen molar-refractivity contribution >= 4 is 33.2 Å². The first-order chi connectivity index (χ1) is 9.34. The van der Waals surface area contributed by atoms with Gasteiger partial charge >= 0.3 is 6.18 Å². The number of rotatable bonds is 0. The van der Waals surface area contributed by atoms with Crippen molar-refractivity contribution < 1.29 is 13.2 Å². The molecule has 0 radical (unpaired) electrons. The maximum absolute atomic E-state index is 13.1. The van der Waals surface area contributed by atoms with Crippen LogP contribution in [0.1, 0.15) is 5.56 Å². The summed E-state index contributed by atoms with van der Waals surface area (Å²) in [5.41, 5.74) is 11.2. The maximum Gasteiger partial charge on any atom is 0.418 e. The summed E-state index contributed by atoms with van der Waals surface area (Å²) in [6.07, 6.45) is -4.51. The van der Waals surface area contributed by atoms with Crippen LogP contribution in [0.4, 0.5) is 24.5 Å². The predicted molar refractivity (Wildman–Crippen MR) is 73.1 cm³/mol. The molecule has 1 aromatic heterocycles. The van der Waals surface area contributed by atoms with Crippen LogP contribution in [0, 0.1) is 0 Å². The number of aromatic nitrogens is 1. The first-order valence-electron chi connectivity index (χ1n) is 5.81. The van der Waals surface area contributed by atoms with Crippen molar-refractivity contribution in [1.29, 1.82) is 0 Å². The molecule has 0 unspecified atom stereocenters. The Morgan fingerprint density at radius 1 is 0.850 bits per heavy atom. The van der Waals surface area contributed by atoms with Crippen LogP contribution in [-0.4, -0.2) is 4.98 Å². The Bertz CT molecular complexity index is 825. The molecule has 0 aliphatic carbocycles. The molecule has 20 heavy (non-hydrogen) atoms. The molecular formula is C14H10F3N3. The van der Waals surface area contributed by atoms with E-state index in [1.54, 1.807) is 24.3 Å². The molecule has 2 aromatic carbocycles. The van der Waals surface area contributed by atoms with Crippen molar-refractivity contribution in [2.75, 3.05) is 11.5 Å². The number of nitrogens with two attached hydrogens (primary N) is 2. The van der Waals surface area contributed by atoms with Crippen molar-refractivity contribution in [3.05, 3.63) is 42.0 Å². The molecule has 0 atom stereocenters. The van der Waals surface area contributed by atoms with Gasteiger partial charge in [0.25, 0.3) is 0 Å². The number of halogens is 3. The highest BCUT2D eigenvalue weighted by Crippen LogP contribution is 2.36. The SMILES string of the molecule is Nc1cc(C(F)(F)F)c2nc3cc(N)ccc3cc2c1. The van der Waals surface area contributed by atoms with E-state index in [2.05, 4.69) is 4.98 Å². The van der Waals surface area contributed by atoms with Crippen molar-refractivity contribution in [1.82, 2.24) is 4.98 Å². The molecule has 102 valence electrons. The van der Waals surface area contributed by atoms with Crippen LogP contribution in [0.15, 0.2) is 36.4 Å². The van der Waals surface area contributed by atoms with Gasteiger partial charge in [-0.2, -0.15) is 13.2 Å². The summed E-state index contributed by atoms with van der Waals surface area (Å²) in [6, 6.07) is 8.94. The van der Waals surface area contributed by atoms with Crippen LogP contribution in [0.3, 0.4) is 0 Å². The zero-order chi connectivity index (χ0) is 14.5. The second kappa shape index (κ2) is 4.00. The number of nitrogens with zero attached hydrogens (tertiary/aromatic N) is 1. The summed E-state index contributed by atoms with van der Waals surface area (Å²) in [5, 5.41) is 1.07. The topological polar surface area (TPSA) is 64.9 Å². The second-order valence-electron chi connectivity index (χ2n) is 4.58. The molecule has 3 rings (SSSR count). The number of pyridine rings is 1. The summed E-state index contributed by atoms with van der Waals surface area (Å²) in [4.78, 5) is 4.09. The molecule has 0 saturated heterocycles. The number of benzene rings is 2. The predicted octanol–water partition coefficient (Wildman–Crippen LogP) is 3.57. The van der Waals surface area contributed by atoms with Gasteiger partial charge in [0.05, 0.1) is 16.6 Å². The Balaban J connectivity index is 2.45. The lowest BCUT2D eigenvalue weighted by molar-refractivity contribution is -0.136. The molecule has 0 aliphatic heterocycles. The van der Waals surface area contributed by atoms with Crippen LogP contribution in [0.25, 0.3) is 21.8 Å². The third-order valence-corrected chi connectivity index (χ3v) is 3.06. The van der Waals surface area contributed by atoms with E-state index in [0.29, 0.717) is 22.0 Å². The lowest BCUT2D eigenvalue weighted by atomic mass is 10.1. The Morgan fingerprint density at radius 2 is 1.60 bits per heavy atom. The second-order valence-corrected chi connectivity index (χ2v) is 4.58. The molecule has 1 heterocycles. The molecule has 0 aliphatic rings. The molecule has 0 fully saturated rings. The molecule has 0 amide bonds. The summed E-state index contributed by atoms with van der Waals surface area (Å²) < 4.78 is 39.2. The van der Waals surface area contributed by atoms with Gasteiger partial charge < -0.3 is 11.5 Å². The maximum atomic E-state index is 13.1. The lowest BCUT2D eigenvalue weighted by Crippen LogP contribution is -2.07. The minimum Gasteiger partial charge on any atom is -0.399 e. The number of alkyl halides is 3. The van der Waals surface area contributed by atoms with Gasteiger partial charge in [-0.3, -0.25) is 0 Å². The highest BCUT2D eigenvalue weighted by Gasteiger charge is 2.33. The van der Waals surface area contributed by atoms with Gasteiger partial charge in [0.2, 0.25) is 0 Å². The van der Waals surface area contributed by atoms with E-state index in [-0.39, 0.29) is 11.2 Å². The molecule has 3 aromatic rings. The van der Waals surface area contributed by atoms with E-state index < -0.39 is 11.7 Å². The smallest absolute Gasteiger partial charge is 0.399 e. The largest absolute Gasteiger partial charge is 0.418 e. The zero-order valence-corrected chi connectivity index (χ0v) is 10.2. The highest BCUT2D eigenvalue weighted by atomic mass is 19.4. The molecule has 6 heteroatoms. The number of hydrogen-bond acceptors (Lipinski definition) is 3. The van der Waals surface area contributed by atoms with E-state index in [1.165, 1.54) is 6.07 Å². The molecule has 0 saturated carbocycles. The number of hydrogen-bond donors (Lipinski definition) is 2. The zero-order valence-electron chi connectivity index (χ0n) is 10.2. The normalized spacial score (nSPS) is 12.2. The average Bonchev–Trinajstić information content (AvgIpc) is 2.34. The molecule has 0 bridgehead atoms. The third kappa shape index (κ3) is 1.99. The molecule has 4 N–H and O–H groups in total. The number of nitrogen functional groups attached to an aromatic ring is 2. The van der Waals surface area contributed by atoms with Gasteiger partial charge in [0.15, 0.2) is 0 Å². The van der Waals surface area contributed by atoms with E-state index in [4.69, 9.17) is 11.5 Å². The Hall–Kier alpha value is -2.50. The Kier molecular flexibility index (Phi) is 2.50. The van der Waals surface area contributed by atoms with Crippen molar-refractivity contribution in [2.45, 2.75) is 6.18 Å². The average molecular weight is 277 g/mol. The van der Waals surface area contributed by atoms with Gasteiger partial charge in [0, 0.05) is 22.1 Å². The monoisotopic (exact) mass is 277 g/mol. The van der Waals surface area contributed by atoms with Crippen LogP contribution in [-0.2, 0) is 6.18 Å². The van der Waals surface area contributed by atoms with Crippen molar-refractivity contribution in [2.24, 2.45) is 0 Å². The van der Waals surface area contributed by atoms with E-state index in [1.807, 2.05) is 0 Å². The summed E-state index contributed by atoms with van der Waals surface area (Å²) >= 11 is 0. The van der Waals surface area contributed by atoms with Gasteiger partial charge in [-0.05, 0) is 30.3 Å². The standard InChI is InChI=1S/C14H10F3N3/c15-14(16,17)11-5-10(19)4-8-3-7-1-2-9(18)6-12(7)20-13(8)11/h1-6H,18-19H2. The van der Waals surface area contributed by atoms with Crippen LogP contribution < -0.4 is 11.5 Å². The van der Waals surface area contributed by atoms with Crippen LogP contribution >= 0.6 is 0 Å². The van der Waals surface area contributed by atoms with E-state index in [9.17, 15) is 13.2 Å². The number of fused-ring (bicyclic) bond motifs is 2. The van der Waals surface area contributed by atoms with Crippen LogP contribution in [0.2, 0.25) is 0 Å². The minimum atomic E-state index is -4.51. The fourth-order valence-electron chi connectivity index (χ4n) is 2.20. The van der Waals surface area contributed by atoms with Gasteiger partial charge in [-0.15, -0.1) is 0 Å². The first kappa shape index (κ1) is 12.5. The quantitative estimate of drug-likeness (QED) is 0.487. The lowest BCUT2D eigenvalue weighted by Gasteiger charge is -2.12. The first-order valence-corrected chi connectivity index (χ1v) is 5.81. The summed E-state index contributed by atoms with van der Waals surface area (Å²) in [5.74, 6) is 0. The van der Waals surface area contributed by atoms with Gasteiger partial charge in [-0.1, -0.05) is 6.07 Å². The molecular weight excluding hydrogens is 267 g/mol. The Morgan fingerprint density at radius 3 is 2.30 bits per heavy atom. The fraction of sp³-hybridized carbons (Fsp3) is 0.0714.